The maximum Gasteiger partial charge on any atom is 0.417 e. The fraction of sp³-hybridized carbons (Fsp3) is 0.350. The number of aromatic nitrogens is 1. The fourth-order valence-electron chi connectivity index (χ4n) is 3.35. The molecule has 0 bridgehead atoms. The number of nitro benzene ring substituents is 1. The van der Waals surface area contributed by atoms with Crippen LogP contribution in [0.2, 0.25) is 5.02 Å². The molecule has 0 spiro atoms. The second-order valence-electron chi connectivity index (χ2n) is 7.20. The Bertz CT molecular complexity index is 1090. The van der Waals surface area contributed by atoms with E-state index in [0.29, 0.717) is 11.8 Å². The molecular formula is C20H18ClF3N4O5. The summed E-state index contributed by atoms with van der Waals surface area (Å²) in [5, 5.41) is 11.0. The van der Waals surface area contributed by atoms with Gasteiger partial charge >= 0.3 is 12.1 Å². The van der Waals surface area contributed by atoms with E-state index in [1.165, 1.54) is 30.0 Å². The standard InChI is InChI=1S/C20H18ClF3N4O5/c1-12-3-2-4-15(28(31)32)17(12)19(30)33-11-16(29)26-5-7-27(8-6-26)18-14(21)9-13(10-25-18)20(22,23)24/h2-4,9-10H,5-8,11H2,1H3. The van der Waals surface area contributed by atoms with Gasteiger partial charge in [-0.2, -0.15) is 13.2 Å². The lowest BCUT2D eigenvalue weighted by Crippen LogP contribution is -2.50. The molecule has 2 aromatic rings. The zero-order chi connectivity index (χ0) is 24.3. The molecule has 0 radical (unpaired) electrons. The highest BCUT2D eigenvalue weighted by Crippen LogP contribution is 2.33. The van der Waals surface area contributed by atoms with Gasteiger partial charge in [-0.15, -0.1) is 0 Å². The molecule has 2 heterocycles. The van der Waals surface area contributed by atoms with Gasteiger partial charge in [-0.05, 0) is 18.6 Å². The highest BCUT2D eigenvalue weighted by molar-refractivity contribution is 6.33. The smallest absolute Gasteiger partial charge is 0.417 e. The number of piperazine rings is 1. The van der Waals surface area contributed by atoms with Crippen molar-refractivity contribution in [1.29, 1.82) is 0 Å². The number of aryl methyl sites for hydroxylation is 1. The van der Waals surface area contributed by atoms with Crippen molar-refractivity contribution in [3.8, 4) is 0 Å². The third kappa shape index (κ3) is 5.51. The average Bonchev–Trinajstić information content (AvgIpc) is 2.76. The van der Waals surface area contributed by atoms with Crippen molar-refractivity contribution in [3.05, 3.63) is 62.3 Å². The summed E-state index contributed by atoms with van der Waals surface area (Å²) < 4.78 is 43.3. The van der Waals surface area contributed by atoms with Crippen LogP contribution >= 0.6 is 11.6 Å². The van der Waals surface area contributed by atoms with Gasteiger partial charge in [-0.3, -0.25) is 14.9 Å². The molecule has 1 aromatic carbocycles. The lowest BCUT2D eigenvalue weighted by atomic mass is 10.1. The number of alkyl halides is 3. The third-order valence-corrected chi connectivity index (χ3v) is 5.34. The van der Waals surface area contributed by atoms with Crippen LogP contribution in [0.5, 0.6) is 0 Å². The minimum absolute atomic E-state index is 0.154. The van der Waals surface area contributed by atoms with Gasteiger partial charge < -0.3 is 14.5 Å². The number of nitro groups is 1. The van der Waals surface area contributed by atoms with Crippen LogP contribution < -0.4 is 4.90 Å². The average molecular weight is 487 g/mol. The minimum Gasteiger partial charge on any atom is -0.452 e. The van der Waals surface area contributed by atoms with Crippen molar-refractivity contribution in [1.82, 2.24) is 9.88 Å². The van der Waals surface area contributed by atoms with Crippen molar-refractivity contribution in [2.45, 2.75) is 13.1 Å². The zero-order valence-electron chi connectivity index (χ0n) is 17.3. The topological polar surface area (TPSA) is 106 Å². The van der Waals surface area contributed by atoms with E-state index in [1.807, 2.05) is 0 Å². The second-order valence-corrected chi connectivity index (χ2v) is 7.60. The number of rotatable bonds is 5. The van der Waals surface area contributed by atoms with Crippen LogP contribution in [0, 0.1) is 17.0 Å². The Hall–Kier alpha value is -3.41. The van der Waals surface area contributed by atoms with Crippen LogP contribution in [0.3, 0.4) is 0 Å². The Balaban J connectivity index is 1.57. The van der Waals surface area contributed by atoms with Gasteiger partial charge in [-0.1, -0.05) is 23.7 Å². The molecule has 9 nitrogen and oxygen atoms in total. The van der Waals surface area contributed by atoms with Crippen LogP contribution in [-0.2, 0) is 15.7 Å². The Kier molecular flexibility index (Phi) is 7.06. The Morgan fingerprint density at radius 1 is 1.24 bits per heavy atom. The number of halogens is 4. The molecule has 1 aliphatic rings. The number of carbonyl (C=O) groups is 2. The van der Waals surface area contributed by atoms with Gasteiger partial charge in [0.2, 0.25) is 0 Å². The molecule has 1 amide bonds. The maximum atomic E-state index is 12.8. The molecule has 0 aliphatic carbocycles. The van der Waals surface area contributed by atoms with E-state index in [2.05, 4.69) is 4.98 Å². The normalized spacial score (nSPS) is 14.2. The lowest BCUT2D eigenvalue weighted by Gasteiger charge is -2.35. The van der Waals surface area contributed by atoms with E-state index >= 15 is 0 Å². The number of benzene rings is 1. The van der Waals surface area contributed by atoms with Crippen molar-refractivity contribution in [2.75, 3.05) is 37.7 Å². The zero-order valence-corrected chi connectivity index (χ0v) is 18.0. The van der Waals surface area contributed by atoms with Crippen molar-refractivity contribution in [2.24, 2.45) is 0 Å². The Labute approximate surface area is 190 Å². The van der Waals surface area contributed by atoms with Gasteiger partial charge in [-0.25, -0.2) is 9.78 Å². The summed E-state index contributed by atoms with van der Waals surface area (Å²) in [4.78, 5) is 42.1. The summed E-state index contributed by atoms with van der Waals surface area (Å²) >= 11 is 5.97. The molecule has 1 aromatic heterocycles. The lowest BCUT2D eigenvalue weighted by molar-refractivity contribution is -0.385. The highest BCUT2D eigenvalue weighted by Gasteiger charge is 2.33. The van der Waals surface area contributed by atoms with Crippen molar-refractivity contribution < 1.29 is 32.4 Å². The number of ether oxygens (including phenoxy) is 1. The molecule has 1 fully saturated rings. The molecular weight excluding hydrogens is 469 g/mol. The van der Waals surface area contributed by atoms with E-state index in [0.717, 1.165) is 6.07 Å². The fourth-order valence-corrected chi connectivity index (χ4v) is 3.63. The maximum absolute atomic E-state index is 12.8. The summed E-state index contributed by atoms with van der Waals surface area (Å²) in [5.74, 6) is -1.31. The van der Waals surface area contributed by atoms with E-state index in [4.69, 9.17) is 16.3 Å². The third-order valence-electron chi connectivity index (χ3n) is 5.06. The van der Waals surface area contributed by atoms with E-state index < -0.39 is 40.8 Å². The van der Waals surface area contributed by atoms with Crippen molar-refractivity contribution >= 4 is 35.0 Å². The molecule has 0 unspecified atom stereocenters. The van der Waals surface area contributed by atoms with E-state index in [-0.39, 0.29) is 42.6 Å². The number of esters is 1. The van der Waals surface area contributed by atoms with Crippen LogP contribution in [0.1, 0.15) is 21.5 Å². The van der Waals surface area contributed by atoms with Gasteiger partial charge in [0.15, 0.2) is 6.61 Å². The number of anilines is 1. The number of amides is 1. The van der Waals surface area contributed by atoms with E-state index in [1.54, 1.807) is 4.90 Å². The predicted octanol–water partition coefficient (Wildman–Crippen LogP) is 3.48. The van der Waals surface area contributed by atoms with E-state index in [9.17, 15) is 32.9 Å². The highest BCUT2D eigenvalue weighted by atomic mass is 35.5. The summed E-state index contributed by atoms with van der Waals surface area (Å²) in [5.41, 5.74) is -1.25. The van der Waals surface area contributed by atoms with Crippen molar-refractivity contribution in [3.63, 3.8) is 0 Å². The van der Waals surface area contributed by atoms with Gasteiger partial charge in [0, 0.05) is 38.4 Å². The first-order valence-corrected chi connectivity index (χ1v) is 10.0. The second kappa shape index (κ2) is 9.61. The predicted molar refractivity (Wildman–Crippen MR) is 111 cm³/mol. The van der Waals surface area contributed by atoms with Gasteiger partial charge in [0.1, 0.15) is 11.4 Å². The molecule has 3 rings (SSSR count). The van der Waals surface area contributed by atoms with Gasteiger partial charge in [0.05, 0.1) is 15.5 Å². The SMILES string of the molecule is Cc1cccc([N+](=O)[O-])c1C(=O)OCC(=O)N1CCN(c2ncc(C(F)(F)F)cc2Cl)CC1. The van der Waals surface area contributed by atoms with Crippen LogP contribution in [0.25, 0.3) is 0 Å². The minimum atomic E-state index is -4.56. The van der Waals surface area contributed by atoms with Crippen LogP contribution in [0.15, 0.2) is 30.5 Å². The molecule has 176 valence electrons. The Morgan fingerprint density at radius 3 is 2.48 bits per heavy atom. The summed E-state index contributed by atoms with van der Waals surface area (Å²) in [6.45, 7) is 1.80. The molecule has 1 saturated heterocycles. The van der Waals surface area contributed by atoms with Gasteiger partial charge in [0.25, 0.3) is 11.6 Å². The van der Waals surface area contributed by atoms with Crippen LogP contribution in [-0.4, -0.2) is 59.5 Å². The number of nitrogens with zero attached hydrogens (tertiary/aromatic N) is 4. The molecule has 0 atom stereocenters. The summed E-state index contributed by atoms with van der Waals surface area (Å²) in [6.07, 6.45) is -3.86. The first-order chi connectivity index (χ1) is 15.5. The number of carbonyl (C=O) groups excluding carboxylic acids is 2. The number of hydrogen-bond acceptors (Lipinski definition) is 7. The number of pyridine rings is 1. The largest absolute Gasteiger partial charge is 0.452 e. The quantitative estimate of drug-likeness (QED) is 0.362. The number of hydrogen-bond donors (Lipinski definition) is 0. The van der Waals surface area contributed by atoms with Crippen LogP contribution in [0.4, 0.5) is 24.7 Å². The monoisotopic (exact) mass is 486 g/mol. The molecule has 0 N–H and O–H groups in total. The first-order valence-electron chi connectivity index (χ1n) is 9.65. The molecule has 1 aliphatic heterocycles. The molecule has 33 heavy (non-hydrogen) atoms. The molecule has 13 heteroatoms. The summed E-state index contributed by atoms with van der Waals surface area (Å²) in [6, 6.07) is 4.92. The summed E-state index contributed by atoms with van der Waals surface area (Å²) in [7, 11) is 0. The Morgan fingerprint density at radius 2 is 1.91 bits per heavy atom. The first kappa shape index (κ1) is 24.2. The molecule has 0 saturated carbocycles.